The zero-order valence-electron chi connectivity index (χ0n) is 11.4. The Morgan fingerprint density at radius 2 is 1.95 bits per heavy atom. The monoisotopic (exact) mass is 264 g/mol. The maximum Gasteiger partial charge on any atom is 0.220 e. The van der Waals surface area contributed by atoms with Crippen molar-refractivity contribution in [1.82, 2.24) is 0 Å². The van der Waals surface area contributed by atoms with Crippen LogP contribution in [0.1, 0.15) is 12.8 Å². The Bertz CT molecular complexity index is 454. The van der Waals surface area contributed by atoms with Gasteiger partial charge in [0, 0.05) is 25.1 Å². The van der Waals surface area contributed by atoms with Gasteiger partial charge < -0.3 is 20.1 Å². The minimum absolute atomic E-state index is 0.000457. The Hall–Kier alpha value is -1.91. The van der Waals surface area contributed by atoms with Gasteiger partial charge >= 0.3 is 0 Å². The molecule has 0 atom stereocenters. The third-order valence-electron chi connectivity index (χ3n) is 3.62. The smallest absolute Gasteiger partial charge is 0.220 e. The van der Waals surface area contributed by atoms with Crippen LogP contribution in [0, 0.1) is 5.92 Å². The van der Waals surface area contributed by atoms with Crippen molar-refractivity contribution in [3.05, 3.63) is 18.2 Å². The van der Waals surface area contributed by atoms with Crippen molar-refractivity contribution in [1.29, 1.82) is 0 Å². The number of nitrogens with zero attached hydrogens (tertiary/aromatic N) is 1. The van der Waals surface area contributed by atoms with Crippen LogP contribution in [-0.4, -0.2) is 33.2 Å². The first-order valence-corrected chi connectivity index (χ1v) is 6.42. The number of hydrogen-bond acceptors (Lipinski definition) is 4. The van der Waals surface area contributed by atoms with E-state index >= 15 is 0 Å². The van der Waals surface area contributed by atoms with E-state index in [1.165, 1.54) is 0 Å². The van der Waals surface area contributed by atoms with Crippen molar-refractivity contribution in [3.8, 4) is 11.5 Å². The van der Waals surface area contributed by atoms with Crippen LogP contribution in [0.2, 0.25) is 0 Å². The second kappa shape index (κ2) is 5.82. The second-order valence-electron chi connectivity index (χ2n) is 4.70. The van der Waals surface area contributed by atoms with Gasteiger partial charge in [-0.15, -0.1) is 0 Å². The van der Waals surface area contributed by atoms with Gasteiger partial charge in [0.05, 0.1) is 19.9 Å². The van der Waals surface area contributed by atoms with Crippen LogP contribution in [0.5, 0.6) is 11.5 Å². The summed E-state index contributed by atoms with van der Waals surface area (Å²) in [5, 5.41) is 0. The number of anilines is 1. The molecule has 0 saturated carbocycles. The number of nitrogens with two attached hydrogens (primary N) is 1. The molecule has 1 aliphatic heterocycles. The standard InChI is InChI=1S/C14H20N2O3/c1-18-11-3-4-12(13(9-11)19-2)16-7-5-10(6-8-16)14(15)17/h3-4,9-10H,5-8H2,1-2H3,(H2,15,17). The number of amides is 1. The van der Waals surface area contributed by atoms with Gasteiger partial charge in [0.25, 0.3) is 0 Å². The number of benzene rings is 1. The molecule has 5 nitrogen and oxygen atoms in total. The molecule has 104 valence electrons. The average Bonchev–Trinajstić information content (AvgIpc) is 2.46. The van der Waals surface area contributed by atoms with E-state index in [1.807, 2.05) is 18.2 Å². The van der Waals surface area contributed by atoms with Gasteiger partial charge in [-0.05, 0) is 25.0 Å². The fourth-order valence-corrected chi connectivity index (χ4v) is 2.45. The number of carbonyl (C=O) groups excluding carboxylic acids is 1. The van der Waals surface area contributed by atoms with E-state index in [2.05, 4.69) is 4.90 Å². The molecule has 0 radical (unpaired) electrons. The Morgan fingerprint density at radius 1 is 1.26 bits per heavy atom. The normalized spacial score (nSPS) is 16.2. The molecule has 1 heterocycles. The summed E-state index contributed by atoms with van der Waals surface area (Å²) in [5.74, 6) is 1.37. The molecule has 1 saturated heterocycles. The zero-order valence-corrected chi connectivity index (χ0v) is 11.4. The van der Waals surface area contributed by atoms with Crippen LogP contribution in [0.3, 0.4) is 0 Å². The third kappa shape index (κ3) is 2.92. The molecule has 2 rings (SSSR count). The van der Waals surface area contributed by atoms with Crippen LogP contribution >= 0.6 is 0 Å². The van der Waals surface area contributed by atoms with Crippen molar-refractivity contribution in [2.45, 2.75) is 12.8 Å². The highest BCUT2D eigenvalue weighted by molar-refractivity contribution is 5.77. The van der Waals surface area contributed by atoms with Crippen molar-refractivity contribution in [2.24, 2.45) is 11.7 Å². The lowest BCUT2D eigenvalue weighted by Gasteiger charge is -2.33. The van der Waals surface area contributed by atoms with E-state index in [1.54, 1.807) is 14.2 Å². The van der Waals surface area contributed by atoms with Crippen molar-refractivity contribution in [2.75, 3.05) is 32.2 Å². The lowest BCUT2D eigenvalue weighted by atomic mass is 9.96. The predicted octanol–water partition coefficient (Wildman–Crippen LogP) is 1.41. The highest BCUT2D eigenvalue weighted by Gasteiger charge is 2.24. The van der Waals surface area contributed by atoms with Gasteiger partial charge in [-0.2, -0.15) is 0 Å². The molecule has 1 aromatic rings. The summed E-state index contributed by atoms with van der Waals surface area (Å²) in [6.07, 6.45) is 1.59. The molecule has 19 heavy (non-hydrogen) atoms. The van der Waals surface area contributed by atoms with Gasteiger partial charge in [0.1, 0.15) is 11.5 Å². The predicted molar refractivity (Wildman–Crippen MR) is 73.7 cm³/mol. The Kier molecular flexibility index (Phi) is 4.14. The first kappa shape index (κ1) is 13.5. The van der Waals surface area contributed by atoms with Crippen LogP contribution in [0.15, 0.2) is 18.2 Å². The average molecular weight is 264 g/mol. The van der Waals surface area contributed by atoms with Crippen molar-refractivity contribution in [3.63, 3.8) is 0 Å². The summed E-state index contributed by atoms with van der Waals surface area (Å²) in [6, 6.07) is 5.77. The SMILES string of the molecule is COc1ccc(N2CCC(C(N)=O)CC2)c(OC)c1. The number of rotatable bonds is 4. The summed E-state index contributed by atoms with van der Waals surface area (Å²) in [5.41, 5.74) is 6.38. The summed E-state index contributed by atoms with van der Waals surface area (Å²) in [4.78, 5) is 13.4. The Morgan fingerprint density at radius 3 is 2.47 bits per heavy atom. The first-order chi connectivity index (χ1) is 9.15. The summed E-state index contributed by atoms with van der Waals surface area (Å²) >= 11 is 0. The first-order valence-electron chi connectivity index (χ1n) is 6.42. The number of carbonyl (C=O) groups is 1. The topological polar surface area (TPSA) is 64.8 Å². The van der Waals surface area contributed by atoms with E-state index in [0.29, 0.717) is 0 Å². The molecule has 0 spiro atoms. The zero-order chi connectivity index (χ0) is 13.8. The van der Waals surface area contributed by atoms with E-state index in [-0.39, 0.29) is 11.8 Å². The van der Waals surface area contributed by atoms with Crippen molar-refractivity contribution < 1.29 is 14.3 Å². The highest BCUT2D eigenvalue weighted by Crippen LogP contribution is 2.34. The maximum atomic E-state index is 11.2. The van der Waals surface area contributed by atoms with Gasteiger partial charge in [0.2, 0.25) is 5.91 Å². The molecule has 0 unspecified atom stereocenters. The number of hydrogen-bond donors (Lipinski definition) is 1. The number of methoxy groups -OCH3 is 2. The summed E-state index contributed by atoms with van der Waals surface area (Å²) in [6.45, 7) is 1.63. The molecular weight excluding hydrogens is 244 g/mol. The molecule has 2 N–H and O–H groups in total. The van der Waals surface area contributed by atoms with Crippen LogP contribution in [-0.2, 0) is 4.79 Å². The molecule has 1 aromatic carbocycles. The van der Waals surface area contributed by atoms with Gasteiger partial charge in [-0.25, -0.2) is 0 Å². The van der Waals surface area contributed by atoms with Gasteiger partial charge in [-0.1, -0.05) is 0 Å². The summed E-state index contributed by atoms with van der Waals surface area (Å²) < 4.78 is 10.6. The Balaban J connectivity index is 2.12. The maximum absolute atomic E-state index is 11.2. The Labute approximate surface area is 113 Å². The minimum atomic E-state index is -0.193. The molecule has 0 aromatic heterocycles. The third-order valence-corrected chi connectivity index (χ3v) is 3.62. The summed E-state index contributed by atoms with van der Waals surface area (Å²) in [7, 11) is 3.28. The van der Waals surface area contributed by atoms with Gasteiger partial charge in [-0.3, -0.25) is 4.79 Å². The molecular formula is C14H20N2O3. The number of primary amides is 1. The van der Waals surface area contributed by atoms with E-state index in [9.17, 15) is 4.79 Å². The number of ether oxygens (including phenoxy) is 2. The molecule has 0 aliphatic carbocycles. The van der Waals surface area contributed by atoms with Crippen molar-refractivity contribution >= 4 is 11.6 Å². The number of piperidine rings is 1. The second-order valence-corrected chi connectivity index (χ2v) is 4.70. The molecule has 5 heteroatoms. The van der Waals surface area contributed by atoms with E-state index < -0.39 is 0 Å². The fraction of sp³-hybridized carbons (Fsp3) is 0.500. The van der Waals surface area contributed by atoms with Crippen LogP contribution < -0.4 is 20.1 Å². The van der Waals surface area contributed by atoms with Gasteiger partial charge in [0.15, 0.2) is 0 Å². The van der Waals surface area contributed by atoms with Crippen LogP contribution in [0.4, 0.5) is 5.69 Å². The molecule has 1 amide bonds. The lowest BCUT2D eigenvalue weighted by Crippen LogP contribution is -2.38. The lowest BCUT2D eigenvalue weighted by molar-refractivity contribution is -0.122. The largest absolute Gasteiger partial charge is 0.497 e. The molecule has 1 fully saturated rings. The molecule has 0 bridgehead atoms. The van der Waals surface area contributed by atoms with E-state index in [0.717, 1.165) is 43.1 Å². The fourth-order valence-electron chi connectivity index (χ4n) is 2.45. The minimum Gasteiger partial charge on any atom is -0.497 e. The van der Waals surface area contributed by atoms with Crippen LogP contribution in [0.25, 0.3) is 0 Å². The molecule has 1 aliphatic rings. The quantitative estimate of drug-likeness (QED) is 0.893. The van der Waals surface area contributed by atoms with E-state index in [4.69, 9.17) is 15.2 Å². The highest BCUT2D eigenvalue weighted by atomic mass is 16.5.